The van der Waals surface area contributed by atoms with E-state index in [2.05, 4.69) is 52.9 Å². The Hall–Kier alpha value is -1.29. The lowest BCUT2D eigenvalue weighted by Gasteiger charge is -2.24. The number of aromatic nitrogens is 1. The maximum absolute atomic E-state index is 6.28. The third kappa shape index (κ3) is 2.47. The third-order valence-corrected chi connectivity index (χ3v) is 5.84. The molecule has 3 heterocycles. The van der Waals surface area contributed by atoms with Crippen LogP contribution in [0.5, 0.6) is 0 Å². The lowest BCUT2D eigenvalue weighted by molar-refractivity contribution is 0.309. The SMILES string of the molecule is CN1CCc2c(c3cc(Cl)sc3n2CCc2ccccc2)C1. The summed E-state index contributed by atoms with van der Waals surface area (Å²) in [5.41, 5.74) is 4.40. The van der Waals surface area contributed by atoms with E-state index < -0.39 is 0 Å². The van der Waals surface area contributed by atoms with Crippen molar-refractivity contribution in [2.45, 2.75) is 25.9 Å². The standard InChI is InChI=1S/C18H19ClN2S/c1-20-9-8-16-15(12-20)14-11-17(19)22-18(14)21(16)10-7-13-5-3-2-4-6-13/h2-6,11H,7-10,12H2,1H3. The molecule has 0 amide bonds. The predicted molar refractivity (Wildman–Crippen MR) is 95.0 cm³/mol. The quantitative estimate of drug-likeness (QED) is 0.682. The molecule has 0 radical (unpaired) electrons. The zero-order valence-electron chi connectivity index (χ0n) is 12.7. The molecular formula is C18H19ClN2S. The third-order valence-electron chi connectivity index (χ3n) is 4.55. The molecule has 0 N–H and O–H groups in total. The number of benzene rings is 1. The molecule has 1 aliphatic heterocycles. The van der Waals surface area contributed by atoms with Crippen LogP contribution in [0.15, 0.2) is 36.4 Å². The lowest BCUT2D eigenvalue weighted by Crippen LogP contribution is -2.27. The molecule has 0 aliphatic carbocycles. The molecule has 0 spiro atoms. The second-order valence-electron chi connectivity index (χ2n) is 6.07. The van der Waals surface area contributed by atoms with Crippen molar-refractivity contribution in [3.8, 4) is 0 Å². The van der Waals surface area contributed by atoms with Gasteiger partial charge in [0.15, 0.2) is 0 Å². The second-order valence-corrected chi connectivity index (χ2v) is 7.73. The summed E-state index contributed by atoms with van der Waals surface area (Å²) in [5.74, 6) is 0. The summed E-state index contributed by atoms with van der Waals surface area (Å²) in [5, 5.41) is 1.37. The minimum absolute atomic E-state index is 0.898. The van der Waals surface area contributed by atoms with Crippen molar-refractivity contribution in [2.24, 2.45) is 0 Å². The van der Waals surface area contributed by atoms with Gasteiger partial charge in [-0.25, -0.2) is 0 Å². The molecule has 4 rings (SSSR count). The zero-order chi connectivity index (χ0) is 15.1. The van der Waals surface area contributed by atoms with E-state index >= 15 is 0 Å². The molecule has 0 fully saturated rings. The Kier molecular flexibility index (Phi) is 3.73. The fraction of sp³-hybridized carbons (Fsp3) is 0.333. The van der Waals surface area contributed by atoms with Crippen LogP contribution in [0.1, 0.15) is 16.8 Å². The zero-order valence-corrected chi connectivity index (χ0v) is 14.3. The average Bonchev–Trinajstić information content (AvgIpc) is 3.02. The maximum atomic E-state index is 6.28. The molecule has 4 heteroatoms. The molecule has 0 atom stereocenters. The van der Waals surface area contributed by atoms with E-state index in [1.165, 1.54) is 27.0 Å². The van der Waals surface area contributed by atoms with Crippen molar-refractivity contribution < 1.29 is 0 Å². The average molecular weight is 331 g/mol. The summed E-state index contributed by atoms with van der Waals surface area (Å²) >= 11 is 8.00. The van der Waals surface area contributed by atoms with Crippen LogP contribution in [-0.2, 0) is 25.9 Å². The largest absolute Gasteiger partial charge is 0.336 e. The molecule has 1 aromatic carbocycles. The fourth-order valence-corrected chi connectivity index (χ4v) is 4.73. The molecule has 2 nitrogen and oxygen atoms in total. The minimum atomic E-state index is 0.898. The van der Waals surface area contributed by atoms with Crippen molar-refractivity contribution in [1.29, 1.82) is 0 Å². The van der Waals surface area contributed by atoms with E-state index in [1.54, 1.807) is 11.3 Å². The molecule has 0 bridgehead atoms. The number of aryl methyl sites for hydroxylation is 2. The monoisotopic (exact) mass is 330 g/mol. The Balaban J connectivity index is 1.73. The molecule has 2 aromatic heterocycles. The van der Waals surface area contributed by atoms with E-state index in [-0.39, 0.29) is 0 Å². The first-order valence-electron chi connectivity index (χ1n) is 7.74. The molecule has 0 unspecified atom stereocenters. The topological polar surface area (TPSA) is 8.17 Å². The first-order chi connectivity index (χ1) is 10.7. The first kappa shape index (κ1) is 14.3. The van der Waals surface area contributed by atoms with Gasteiger partial charge in [-0.15, -0.1) is 11.3 Å². The van der Waals surface area contributed by atoms with Crippen molar-refractivity contribution >= 4 is 33.2 Å². The van der Waals surface area contributed by atoms with Gasteiger partial charge in [0, 0.05) is 37.1 Å². The smallest absolute Gasteiger partial charge is 0.104 e. The second kappa shape index (κ2) is 5.73. The molecule has 0 saturated heterocycles. The highest BCUT2D eigenvalue weighted by atomic mass is 35.5. The number of thiophene rings is 1. The van der Waals surface area contributed by atoms with Gasteiger partial charge in [-0.05, 0) is 30.7 Å². The first-order valence-corrected chi connectivity index (χ1v) is 8.93. The van der Waals surface area contributed by atoms with Gasteiger partial charge in [0.1, 0.15) is 4.83 Å². The van der Waals surface area contributed by atoms with Crippen LogP contribution >= 0.6 is 22.9 Å². The highest BCUT2D eigenvalue weighted by Gasteiger charge is 2.23. The van der Waals surface area contributed by atoms with Gasteiger partial charge in [-0.2, -0.15) is 0 Å². The summed E-state index contributed by atoms with van der Waals surface area (Å²) in [6.45, 7) is 3.22. The summed E-state index contributed by atoms with van der Waals surface area (Å²) in [6, 6.07) is 12.9. The van der Waals surface area contributed by atoms with Gasteiger partial charge >= 0.3 is 0 Å². The van der Waals surface area contributed by atoms with Crippen molar-refractivity contribution in [3.63, 3.8) is 0 Å². The summed E-state index contributed by atoms with van der Waals surface area (Å²) in [6.07, 6.45) is 2.21. The predicted octanol–water partition coefficient (Wildman–Crippen LogP) is 4.59. The van der Waals surface area contributed by atoms with Crippen LogP contribution in [-0.4, -0.2) is 23.1 Å². The number of likely N-dealkylation sites (N-methyl/N-ethyl adjacent to an activating group) is 1. The van der Waals surface area contributed by atoms with Crippen molar-refractivity contribution in [1.82, 2.24) is 9.47 Å². The molecule has 114 valence electrons. The molecule has 0 saturated carbocycles. The van der Waals surface area contributed by atoms with E-state index in [0.717, 1.165) is 36.8 Å². The van der Waals surface area contributed by atoms with Crippen LogP contribution in [0.4, 0.5) is 0 Å². The normalized spacial score (nSPS) is 15.4. The van der Waals surface area contributed by atoms with Crippen LogP contribution in [0, 0.1) is 0 Å². The minimum Gasteiger partial charge on any atom is -0.336 e. The Morgan fingerprint density at radius 2 is 2.05 bits per heavy atom. The van der Waals surface area contributed by atoms with Crippen molar-refractivity contribution in [3.05, 3.63) is 57.6 Å². The Labute approximate surface area is 139 Å². The van der Waals surface area contributed by atoms with Gasteiger partial charge in [0.05, 0.1) is 4.34 Å². The van der Waals surface area contributed by atoms with Gasteiger partial charge in [0.25, 0.3) is 0 Å². The number of halogens is 1. The van der Waals surface area contributed by atoms with Crippen LogP contribution < -0.4 is 0 Å². The fourth-order valence-electron chi connectivity index (χ4n) is 3.44. The Morgan fingerprint density at radius 1 is 1.23 bits per heavy atom. The highest BCUT2D eigenvalue weighted by molar-refractivity contribution is 7.22. The lowest BCUT2D eigenvalue weighted by atomic mass is 10.1. The highest BCUT2D eigenvalue weighted by Crippen LogP contribution is 2.38. The van der Waals surface area contributed by atoms with Gasteiger partial charge in [0.2, 0.25) is 0 Å². The van der Waals surface area contributed by atoms with Gasteiger partial charge < -0.3 is 9.47 Å². The van der Waals surface area contributed by atoms with Crippen LogP contribution in [0.25, 0.3) is 10.2 Å². The van der Waals surface area contributed by atoms with Gasteiger partial charge in [-0.1, -0.05) is 41.9 Å². The van der Waals surface area contributed by atoms with E-state index in [4.69, 9.17) is 11.6 Å². The summed E-state index contributed by atoms with van der Waals surface area (Å²) < 4.78 is 3.41. The van der Waals surface area contributed by atoms with Crippen LogP contribution in [0.2, 0.25) is 4.34 Å². The molecule has 22 heavy (non-hydrogen) atoms. The Bertz CT molecular complexity index is 803. The van der Waals surface area contributed by atoms with Crippen LogP contribution in [0.3, 0.4) is 0 Å². The number of fused-ring (bicyclic) bond motifs is 3. The molecule has 1 aliphatic rings. The summed E-state index contributed by atoms with van der Waals surface area (Å²) in [4.78, 5) is 3.75. The number of hydrogen-bond acceptors (Lipinski definition) is 2. The number of hydrogen-bond donors (Lipinski definition) is 0. The Morgan fingerprint density at radius 3 is 2.86 bits per heavy atom. The van der Waals surface area contributed by atoms with Gasteiger partial charge in [-0.3, -0.25) is 0 Å². The number of rotatable bonds is 3. The maximum Gasteiger partial charge on any atom is 0.104 e. The van der Waals surface area contributed by atoms with E-state index in [9.17, 15) is 0 Å². The van der Waals surface area contributed by atoms with E-state index in [0.29, 0.717) is 0 Å². The van der Waals surface area contributed by atoms with E-state index in [1.807, 2.05) is 0 Å². The molecular weight excluding hydrogens is 312 g/mol. The van der Waals surface area contributed by atoms with Crippen molar-refractivity contribution in [2.75, 3.05) is 13.6 Å². The number of nitrogens with zero attached hydrogens (tertiary/aromatic N) is 2. The summed E-state index contributed by atoms with van der Waals surface area (Å²) in [7, 11) is 2.20. The molecule has 3 aromatic rings.